The third kappa shape index (κ3) is 3.89. The van der Waals surface area contributed by atoms with Gasteiger partial charge in [-0.05, 0) is 62.1 Å². The van der Waals surface area contributed by atoms with Crippen molar-refractivity contribution in [2.75, 3.05) is 32.7 Å². The number of piperidine rings is 1. The largest absolute Gasteiger partial charge is 0.312 e. The van der Waals surface area contributed by atoms with Crippen LogP contribution < -0.4 is 5.56 Å². The molecule has 31 heavy (non-hydrogen) atoms. The van der Waals surface area contributed by atoms with Gasteiger partial charge in [-0.3, -0.25) is 14.4 Å². The highest BCUT2D eigenvalue weighted by Crippen LogP contribution is 2.38. The average molecular weight is 422 g/mol. The van der Waals surface area contributed by atoms with Crippen LogP contribution in [-0.2, 0) is 19.6 Å². The summed E-state index contributed by atoms with van der Waals surface area (Å²) in [5.41, 5.74) is 2.58. The summed E-state index contributed by atoms with van der Waals surface area (Å²) in [5.74, 6) is 2.89. The fraction of sp³-hybridized carbons (Fsp3) is 0.680. The van der Waals surface area contributed by atoms with E-state index >= 15 is 0 Å². The number of fused-ring (bicyclic) bond motifs is 5. The molecule has 6 rings (SSSR count). The molecule has 2 saturated heterocycles. The van der Waals surface area contributed by atoms with Crippen LogP contribution in [0.2, 0.25) is 0 Å². The maximum atomic E-state index is 13.4. The Kier molecular flexibility index (Phi) is 5.23. The standard InChI is InChI=1S/C25H35N5O/c31-25-22(17-28-15-20-4-1-5-21(20)16-28)6-7-24-23-12-19(14-30(24)25)13-27(18-23)9-3-11-29-10-2-8-26-29/h2,6-8,10,19-21,23H,1,3-5,9,11-18H2/t19-,20-,21+,23+/m0/s1. The number of hydrogen-bond acceptors (Lipinski definition) is 4. The summed E-state index contributed by atoms with van der Waals surface area (Å²) in [7, 11) is 0. The predicted octanol–water partition coefficient (Wildman–Crippen LogP) is 2.79. The fourth-order valence-electron chi connectivity index (χ4n) is 6.98. The van der Waals surface area contributed by atoms with Crippen molar-refractivity contribution in [1.82, 2.24) is 24.1 Å². The van der Waals surface area contributed by atoms with Crippen LogP contribution in [0.3, 0.4) is 0 Å². The van der Waals surface area contributed by atoms with E-state index in [9.17, 15) is 4.79 Å². The number of likely N-dealkylation sites (tertiary alicyclic amines) is 2. The summed E-state index contributed by atoms with van der Waals surface area (Å²) in [5, 5.41) is 4.31. The quantitative estimate of drug-likeness (QED) is 0.720. The molecule has 5 heterocycles. The van der Waals surface area contributed by atoms with Gasteiger partial charge in [-0.2, -0.15) is 5.10 Å². The summed E-state index contributed by atoms with van der Waals surface area (Å²) in [6.07, 6.45) is 10.5. The third-order valence-electron chi connectivity index (χ3n) is 8.38. The van der Waals surface area contributed by atoms with Crippen LogP contribution in [-0.4, -0.2) is 56.9 Å². The molecule has 4 aliphatic rings. The van der Waals surface area contributed by atoms with Gasteiger partial charge in [0.25, 0.3) is 5.56 Å². The molecule has 1 saturated carbocycles. The lowest BCUT2D eigenvalue weighted by atomic mass is 9.83. The summed E-state index contributed by atoms with van der Waals surface area (Å²) >= 11 is 0. The zero-order chi connectivity index (χ0) is 20.8. The normalized spacial score (nSPS) is 30.5. The van der Waals surface area contributed by atoms with Crippen molar-refractivity contribution >= 4 is 0 Å². The number of hydrogen-bond donors (Lipinski definition) is 0. The lowest BCUT2D eigenvalue weighted by Gasteiger charge is -2.43. The molecule has 3 aliphatic heterocycles. The lowest BCUT2D eigenvalue weighted by Crippen LogP contribution is -2.48. The van der Waals surface area contributed by atoms with Gasteiger partial charge in [0, 0.05) is 75.4 Å². The van der Waals surface area contributed by atoms with Gasteiger partial charge >= 0.3 is 0 Å². The van der Waals surface area contributed by atoms with E-state index in [1.165, 1.54) is 44.5 Å². The molecule has 0 N–H and O–H groups in total. The second-order valence-electron chi connectivity index (χ2n) is 10.5. The Hall–Kier alpha value is -1.92. The number of pyridine rings is 1. The smallest absolute Gasteiger partial charge is 0.255 e. The maximum absolute atomic E-state index is 13.4. The Bertz CT molecular complexity index is 955. The fourth-order valence-corrected chi connectivity index (χ4v) is 6.98. The molecule has 166 valence electrons. The second-order valence-corrected chi connectivity index (χ2v) is 10.5. The van der Waals surface area contributed by atoms with Crippen molar-refractivity contribution in [3.05, 3.63) is 52.2 Å². The zero-order valence-corrected chi connectivity index (χ0v) is 18.5. The van der Waals surface area contributed by atoms with Crippen LogP contribution in [0.15, 0.2) is 35.4 Å². The first kappa shape index (κ1) is 19.7. The number of nitrogens with zero attached hydrogens (tertiary/aromatic N) is 5. The van der Waals surface area contributed by atoms with Crippen molar-refractivity contribution in [1.29, 1.82) is 0 Å². The van der Waals surface area contributed by atoms with Gasteiger partial charge in [0.05, 0.1) is 0 Å². The van der Waals surface area contributed by atoms with Gasteiger partial charge in [-0.15, -0.1) is 0 Å². The minimum absolute atomic E-state index is 0.288. The highest BCUT2D eigenvalue weighted by atomic mass is 16.1. The molecule has 2 bridgehead atoms. The first-order valence-electron chi connectivity index (χ1n) is 12.4. The first-order chi connectivity index (χ1) is 15.2. The molecule has 0 aromatic carbocycles. The van der Waals surface area contributed by atoms with E-state index in [-0.39, 0.29) is 5.56 Å². The van der Waals surface area contributed by atoms with Gasteiger partial charge in [-0.1, -0.05) is 12.5 Å². The van der Waals surface area contributed by atoms with Gasteiger partial charge in [0.2, 0.25) is 0 Å². The molecule has 0 radical (unpaired) electrons. The molecular weight excluding hydrogens is 386 g/mol. The molecule has 6 nitrogen and oxygen atoms in total. The second kappa shape index (κ2) is 8.21. The Labute approximate surface area is 184 Å². The Morgan fingerprint density at radius 1 is 0.968 bits per heavy atom. The van der Waals surface area contributed by atoms with Crippen molar-refractivity contribution < 1.29 is 0 Å². The molecule has 2 aromatic heterocycles. The lowest BCUT2D eigenvalue weighted by molar-refractivity contribution is 0.117. The topological polar surface area (TPSA) is 46.3 Å². The molecule has 6 heteroatoms. The van der Waals surface area contributed by atoms with Crippen LogP contribution >= 0.6 is 0 Å². The van der Waals surface area contributed by atoms with Crippen LogP contribution in [0.4, 0.5) is 0 Å². The summed E-state index contributed by atoms with van der Waals surface area (Å²) in [4.78, 5) is 18.5. The predicted molar refractivity (Wildman–Crippen MR) is 121 cm³/mol. The minimum Gasteiger partial charge on any atom is -0.312 e. The van der Waals surface area contributed by atoms with Crippen LogP contribution in [0.5, 0.6) is 0 Å². The van der Waals surface area contributed by atoms with Gasteiger partial charge in [0.15, 0.2) is 0 Å². The van der Waals surface area contributed by atoms with E-state index in [1.807, 2.05) is 23.1 Å². The highest BCUT2D eigenvalue weighted by Gasteiger charge is 2.37. The van der Waals surface area contributed by atoms with E-state index < -0.39 is 0 Å². The van der Waals surface area contributed by atoms with E-state index in [0.29, 0.717) is 11.8 Å². The summed E-state index contributed by atoms with van der Waals surface area (Å²) in [6.45, 7) is 8.46. The van der Waals surface area contributed by atoms with Crippen LogP contribution in [0.25, 0.3) is 0 Å². The van der Waals surface area contributed by atoms with Crippen LogP contribution in [0, 0.1) is 17.8 Å². The number of aryl methyl sites for hydroxylation is 1. The number of aromatic nitrogens is 3. The van der Waals surface area contributed by atoms with Crippen molar-refractivity contribution in [3.8, 4) is 0 Å². The van der Waals surface area contributed by atoms with E-state index in [2.05, 4.69) is 31.6 Å². The molecule has 3 fully saturated rings. The Balaban J connectivity index is 1.12. The van der Waals surface area contributed by atoms with Gasteiger partial charge < -0.3 is 9.47 Å². The summed E-state index contributed by atoms with van der Waals surface area (Å²) in [6, 6.07) is 6.42. The molecule has 0 unspecified atom stereocenters. The SMILES string of the molecule is O=c1c(CN2C[C@H]3CCC[C@H]3C2)ccc2n1C[C@H]1C[C@@H]2CN(CCCn2cccn2)C1. The van der Waals surface area contributed by atoms with Crippen LogP contribution in [0.1, 0.15) is 49.3 Å². The van der Waals surface area contributed by atoms with Crippen molar-refractivity contribution in [2.24, 2.45) is 17.8 Å². The molecule has 1 aliphatic carbocycles. The van der Waals surface area contributed by atoms with Crippen molar-refractivity contribution in [3.63, 3.8) is 0 Å². The summed E-state index contributed by atoms with van der Waals surface area (Å²) < 4.78 is 4.17. The molecule has 2 aromatic rings. The third-order valence-corrected chi connectivity index (χ3v) is 8.38. The van der Waals surface area contributed by atoms with Crippen molar-refractivity contribution in [2.45, 2.75) is 57.7 Å². The first-order valence-corrected chi connectivity index (χ1v) is 12.4. The molecule has 0 amide bonds. The molecule has 4 atom stereocenters. The van der Waals surface area contributed by atoms with E-state index in [4.69, 9.17) is 0 Å². The monoisotopic (exact) mass is 421 g/mol. The Morgan fingerprint density at radius 3 is 2.65 bits per heavy atom. The molecular formula is C25H35N5O. The van der Waals surface area contributed by atoms with E-state index in [0.717, 1.165) is 63.1 Å². The number of rotatable bonds is 6. The van der Waals surface area contributed by atoms with Gasteiger partial charge in [0.1, 0.15) is 0 Å². The molecule has 0 spiro atoms. The average Bonchev–Trinajstić information content (AvgIpc) is 3.49. The zero-order valence-electron chi connectivity index (χ0n) is 18.5. The minimum atomic E-state index is 0.288. The van der Waals surface area contributed by atoms with E-state index in [1.54, 1.807) is 0 Å². The highest BCUT2D eigenvalue weighted by molar-refractivity contribution is 5.22. The van der Waals surface area contributed by atoms with Gasteiger partial charge in [-0.25, -0.2) is 0 Å². The Morgan fingerprint density at radius 2 is 1.84 bits per heavy atom. The maximum Gasteiger partial charge on any atom is 0.255 e.